The summed E-state index contributed by atoms with van der Waals surface area (Å²) in [6.07, 6.45) is 6.57. The Bertz CT molecular complexity index is 1030. The molecule has 0 saturated heterocycles. The monoisotopic (exact) mass is 562 g/mol. The molecule has 0 aliphatic heterocycles. The van der Waals surface area contributed by atoms with Crippen LogP contribution >= 0.6 is 24.0 Å². The minimum Gasteiger partial charge on any atom is -0.355 e. The third kappa shape index (κ3) is 7.25. The van der Waals surface area contributed by atoms with Gasteiger partial charge in [0, 0.05) is 32.1 Å². The zero-order chi connectivity index (χ0) is 22.2. The van der Waals surface area contributed by atoms with Gasteiger partial charge in [-0.05, 0) is 54.5 Å². The van der Waals surface area contributed by atoms with Gasteiger partial charge in [0.15, 0.2) is 5.96 Å². The molecule has 1 aliphatic rings. The van der Waals surface area contributed by atoms with Crippen molar-refractivity contribution in [2.75, 3.05) is 13.1 Å². The predicted octanol–water partition coefficient (Wildman–Crippen LogP) is 3.93. The van der Waals surface area contributed by atoms with Crippen molar-refractivity contribution in [3.8, 4) is 0 Å². The summed E-state index contributed by atoms with van der Waals surface area (Å²) in [6, 6.07) is 15.7. The molecule has 2 aromatic carbocycles. The fraction of sp³-hybridized carbons (Fsp3) is 0.400. The summed E-state index contributed by atoms with van der Waals surface area (Å²) in [5, 5.41) is 15.3. The van der Waals surface area contributed by atoms with Crippen LogP contribution in [0.1, 0.15) is 35.9 Å². The van der Waals surface area contributed by atoms with Crippen molar-refractivity contribution in [1.29, 1.82) is 0 Å². The van der Waals surface area contributed by atoms with Gasteiger partial charge in [-0.25, -0.2) is 4.39 Å². The molecule has 4 rings (SSSR count). The largest absolute Gasteiger partial charge is 0.355 e. The molecule has 0 amide bonds. The lowest BCUT2D eigenvalue weighted by Gasteiger charge is -2.27. The number of halogens is 2. The summed E-state index contributed by atoms with van der Waals surface area (Å²) >= 11 is 0. The van der Waals surface area contributed by atoms with E-state index in [1.54, 1.807) is 6.33 Å². The van der Waals surface area contributed by atoms with Gasteiger partial charge in [-0.2, -0.15) is 0 Å². The fourth-order valence-corrected chi connectivity index (χ4v) is 4.15. The van der Waals surface area contributed by atoms with E-state index in [1.165, 1.54) is 23.3 Å². The molecule has 1 aliphatic carbocycles. The minimum absolute atomic E-state index is 0. The zero-order valence-electron chi connectivity index (χ0n) is 19.0. The summed E-state index contributed by atoms with van der Waals surface area (Å²) in [7, 11) is 0. The lowest BCUT2D eigenvalue weighted by Crippen LogP contribution is -2.46. The highest BCUT2D eigenvalue weighted by atomic mass is 127. The fourth-order valence-electron chi connectivity index (χ4n) is 4.15. The molecule has 1 aromatic heterocycles. The van der Waals surface area contributed by atoms with Crippen LogP contribution in [0.25, 0.3) is 0 Å². The van der Waals surface area contributed by atoms with E-state index < -0.39 is 0 Å². The number of aliphatic imine (C=N–C) groups is 1. The summed E-state index contributed by atoms with van der Waals surface area (Å²) < 4.78 is 15.2. The van der Waals surface area contributed by atoms with Crippen molar-refractivity contribution in [3.05, 3.63) is 83.2 Å². The third-order valence-corrected chi connectivity index (χ3v) is 5.93. The topological polar surface area (TPSA) is 67.1 Å². The minimum atomic E-state index is -0.209. The Morgan fingerprint density at radius 1 is 1.15 bits per heavy atom. The number of hydrogen-bond donors (Lipinski definition) is 2. The normalized spacial score (nSPS) is 15.5. The maximum absolute atomic E-state index is 13.2. The first-order valence-corrected chi connectivity index (χ1v) is 11.4. The Morgan fingerprint density at radius 2 is 1.94 bits per heavy atom. The van der Waals surface area contributed by atoms with E-state index in [2.05, 4.69) is 56.6 Å². The van der Waals surface area contributed by atoms with Gasteiger partial charge in [-0.15, -0.1) is 34.2 Å². The molecule has 2 N–H and O–H groups in total. The molecule has 1 atom stereocenters. The van der Waals surface area contributed by atoms with Gasteiger partial charge in [-0.3, -0.25) is 4.99 Å². The van der Waals surface area contributed by atoms with Gasteiger partial charge in [0.05, 0.1) is 0 Å². The average Bonchev–Trinajstić information content (AvgIpc) is 3.27. The van der Waals surface area contributed by atoms with E-state index in [4.69, 9.17) is 4.99 Å². The molecule has 1 heterocycles. The molecule has 0 radical (unpaired) electrons. The first-order valence-electron chi connectivity index (χ1n) is 11.4. The molecule has 0 saturated carbocycles. The van der Waals surface area contributed by atoms with Crippen LogP contribution in [0.15, 0.2) is 59.9 Å². The third-order valence-electron chi connectivity index (χ3n) is 5.93. The first kappa shape index (κ1) is 25.1. The van der Waals surface area contributed by atoms with E-state index in [0.717, 1.165) is 62.5 Å². The van der Waals surface area contributed by atoms with Crippen LogP contribution in [0.4, 0.5) is 4.39 Å². The summed E-state index contributed by atoms with van der Waals surface area (Å²) in [5.41, 5.74) is 3.95. The van der Waals surface area contributed by atoms with Crippen molar-refractivity contribution < 1.29 is 4.39 Å². The van der Waals surface area contributed by atoms with Gasteiger partial charge in [-0.1, -0.05) is 43.3 Å². The molecule has 6 nitrogen and oxygen atoms in total. The molecule has 1 unspecified atom stereocenters. The predicted molar refractivity (Wildman–Crippen MR) is 141 cm³/mol. The van der Waals surface area contributed by atoms with Gasteiger partial charge in [0.25, 0.3) is 0 Å². The Labute approximate surface area is 212 Å². The van der Waals surface area contributed by atoms with Crippen LogP contribution in [0.2, 0.25) is 0 Å². The SMILES string of the molecule is CCc1nncn1CCNC(=NCCc1ccc(F)cc1)NC1CCc2ccccc2C1.I. The molecule has 33 heavy (non-hydrogen) atoms. The molecular weight excluding hydrogens is 530 g/mol. The summed E-state index contributed by atoms with van der Waals surface area (Å²) in [4.78, 5) is 4.81. The second-order valence-corrected chi connectivity index (χ2v) is 8.18. The maximum atomic E-state index is 13.2. The van der Waals surface area contributed by atoms with E-state index in [0.29, 0.717) is 12.6 Å². The maximum Gasteiger partial charge on any atom is 0.191 e. The van der Waals surface area contributed by atoms with E-state index in [-0.39, 0.29) is 29.8 Å². The van der Waals surface area contributed by atoms with Crippen molar-refractivity contribution in [2.24, 2.45) is 4.99 Å². The number of fused-ring (bicyclic) bond motifs is 1. The highest BCUT2D eigenvalue weighted by Gasteiger charge is 2.19. The van der Waals surface area contributed by atoms with Crippen LogP contribution in [0.3, 0.4) is 0 Å². The van der Waals surface area contributed by atoms with E-state index >= 15 is 0 Å². The molecule has 0 bridgehead atoms. The summed E-state index contributed by atoms with van der Waals surface area (Å²) in [6.45, 7) is 4.23. The summed E-state index contributed by atoms with van der Waals surface area (Å²) in [5.74, 6) is 1.60. The Balaban J connectivity index is 0.00000306. The van der Waals surface area contributed by atoms with Crippen LogP contribution in [0.5, 0.6) is 0 Å². The van der Waals surface area contributed by atoms with Gasteiger partial charge in [0.2, 0.25) is 0 Å². The van der Waals surface area contributed by atoms with Crippen LogP contribution in [-0.4, -0.2) is 39.9 Å². The molecule has 0 spiro atoms. The van der Waals surface area contributed by atoms with Crippen molar-refractivity contribution in [3.63, 3.8) is 0 Å². The number of benzene rings is 2. The average molecular weight is 562 g/mol. The quantitative estimate of drug-likeness (QED) is 0.248. The lowest BCUT2D eigenvalue weighted by atomic mass is 9.88. The smallest absolute Gasteiger partial charge is 0.191 e. The highest BCUT2D eigenvalue weighted by molar-refractivity contribution is 14.0. The van der Waals surface area contributed by atoms with Crippen molar-refractivity contribution in [2.45, 2.75) is 51.6 Å². The van der Waals surface area contributed by atoms with Crippen molar-refractivity contribution >= 4 is 29.9 Å². The van der Waals surface area contributed by atoms with Crippen LogP contribution < -0.4 is 10.6 Å². The number of guanidine groups is 1. The van der Waals surface area contributed by atoms with Crippen LogP contribution in [0, 0.1) is 5.82 Å². The number of aryl methyl sites for hydroxylation is 2. The van der Waals surface area contributed by atoms with E-state index in [1.807, 2.05) is 12.1 Å². The number of hydrogen-bond acceptors (Lipinski definition) is 3. The van der Waals surface area contributed by atoms with Crippen LogP contribution in [-0.2, 0) is 32.2 Å². The number of rotatable bonds is 8. The van der Waals surface area contributed by atoms with Gasteiger partial charge in [0.1, 0.15) is 18.0 Å². The second-order valence-electron chi connectivity index (χ2n) is 8.18. The number of nitrogens with one attached hydrogen (secondary N) is 2. The molecule has 176 valence electrons. The number of aromatic nitrogens is 3. The lowest BCUT2D eigenvalue weighted by molar-refractivity contribution is 0.517. The van der Waals surface area contributed by atoms with Gasteiger partial charge < -0.3 is 15.2 Å². The number of nitrogens with zero attached hydrogens (tertiary/aromatic N) is 4. The molecule has 8 heteroatoms. The Morgan fingerprint density at radius 3 is 2.73 bits per heavy atom. The Hall–Kier alpha value is -2.49. The first-order chi connectivity index (χ1) is 15.7. The Kier molecular flexibility index (Phi) is 9.65. The standard InChI is InChI=1S/C25H31FN6.HI/c1-2-24-31-29-18-32(24)16-15-28-25(27-14-13-19-7-10-22(26)11-8-19)30-23-12-9-20-5-3-4-6-21(20)17-23;/h3-8,10-11,18,23H,2,9,12-17H2,1H3,(H2,27,28,30);1H. The van der Waals surface area contributed by atoms with E-state index in [9.17, 15) is 4.39 Å². The second kappa shape index (κ2) is 12.7. The van der Waals surface area contributed by atoms with Crippen molar-refractivity contribution in [1.82, 2.24) is 25.4 Å². The van der Waals surface area contributed by atoms with Gasteiger partial charge >= 0.3 is 0 Å². The molecule has 0 fully saturated rings. The highest BCUT2D eigenvalue weighted by Crippen LogP contribution is 2.21. The zero-order valence-corrected chi connectivity index (χ0v) is 21.3. The molecular formula is C25H32FIN6. The molecule has 3 aromatic rings.